The number of carbonyl (C=O) groups excluding carboxylic acids is 2. The van der Waals surface area contributed by atoms with Gasteiger partial charge < -0.3 is 10.2 Å². The van der Waals surface area contributed by atoms with E-state index in [9.17, 15) is 9.59 Å². The van der Waals surface area contributed by atoms with E-state index in [0.29, 0.717) is 18.6 Å². The van der Waals surface area contributed by atoms with Crippen molar-refractivity contribution in [3.63, 3.8) is 0 Å². The number of ketones is 1. The van der Waals surface area contributed by atoms with E-state index in [0.717, 1.165) is 54.9 Å². The number of carbonyl (C=O) groups is 2. The summed E-state index contributed by atoms with van der Waals surface area (Å²) in [5.41, 5.74) is 5.25. The molecule has 3 rings (SSSR count). The topological polar surface area (TPSA) is 49.4 Å². The lowest BCUT2D eigenvalue weighted by Crippen LogP contribution is -2.38. The Morgan fingerprint density at radius 3 is 2.41 bits per heavy atom. The van der Waals surface area contributed by atoms with Crippen LogP contribution in [0.2, 0.25) is 0 Å². The van der Waals surface area contributed by atoms with Gasteiger partial charge in [0.2, 0.25) is 5.91 Å². The molecule has 1 aromatic carbocycles. The molecule has 4 nitrogen and oxygen atoms in total. The lowest BCUT2D eigenvalue weighted by Gasteiger charge is -2.33. The molecular formula is C23H34N2O2. The highest BCUT2D eigenvalue weighted by molar-refractivity contribution is 6.05. The molecule has 1 atom stereocenters. The van der Waals surface area contributed by atoms with Gasteiger partial charge in [-0.3, -0.25) is 9.59 Å². The van der Waals surface area contributed by atoms with E-state index in [-0.39, 0.29) is 11.8 Å². The first kappa shape index (κ1) is 20.1. The number of Topliss-reactive ketones (excluding diaryl/α,β-unsaturated/α-hetero) is 1. The fourth-order valence-electron chi connectivity index (χ4n) is 4.54. The van der Waals surface area contributed by atoms with E-state index in [4.69, 9.17) is 0 Å². The number of hydrogen-bond acceptors (Lipinski definition) is 3. The third-order valence-electron chi connectivity index (χ3n) is 6.14. The molecule has 0 spiro atoms. The largest absolute Gasteiger partial charge is 0.326 e. The molecule has 0 saturated heterocycles. The van der Waals surface area contributed by atoms with E-state index in [1.54, 1.807) is 0 Å². The number of amides is 1. The van der Waals surface area contributed by atoms with Gasteiger partial charge >= 0.3 is 0 Å². The zero-order chi connectivity index (χ0) is 19.4. The normalized spacial score (nSPS) is 19.0. The highest BCUT2D eigenvalue weighted by Gasteiger charge is 2.34. The highest BCUT2D eigenvalue weighted by atomic mass is 16.1. The summed E-state index contributed by atoms with van der Waals surface area (Å²) in [5.74, 6) is 0.465. The van der Waals surface area contributed by atoms with Crippen molar-refractivity contribution in [2.75, 3.05) is 25.0 Å². The molecular weight excluding hydrogens is 336 g/mol. The summed E-state index contributed by atoms with van der Waals surface area (Å²) < 4.78 is 0. The maximum atomic E-state index is 13.5. The number of nitrogens with zero attached hydrogens (tertiary/aromatic N) is 1. The SMILES string of the molecule is CCCCN(CCCC)CC1CCc2c(C)cc3c(c2C1=O)CCC(=O)N3. The Morgan fingerprint density at radius 1 is 1.04 bits per heavy atom. The molecule has 4 heteroatoms. The zero-order valence-electron chi connectivity index (χ0n) is 17.2. The molecule has 27 heavy (non-hydrogen) atoms. The summed E-state index contributed by atoms with van der Waals surface area (Å²) in [6.07, 6.45) is 7.88. The Morgan fingerprint density at radius 2 is 1.74 bits per heavy atom. The molecule has 0 bridgehead atoms. The van der Waals surface area contributed by atoms with Gasteiger partial charge in [0.05, 0.1) is 0 Å². The fraction of sp³-hybridized carbons (Fsp3) is 0.652. The number of aryl methyl sites for hydroxylation is 1. The molecule has 1 aliphatic heterocycles. The van der Waals surface area contributed by atoms with Gasteiger partial charge in [-0.25, -0.2) is 0 Å². The van der Waals surface area contributed by atoms with Crippen molar-refractivity contribution in [1.82, 2.24) is 4.90 Å². The van der Waals surface area contributed by atoms with E-state index in [1.165, 1.54) is 31.2 Å². The van der Waals surface area contributed by atoms with E-state index < -0.39 is 0 Å². The minimum Gasteiger partial charge on any atom is -0.326 e. The van der Waals surface area contributed by atoms with Crippen LogP contribution in [-0.2, 0) is 17.6 Å². The number of anilines is 1. The van der Waals surface area contributed by atoms with Crippen LogP contribution in [0.15, 0.2) is 6.07 Å². The van der Waals surface area contributed by atoms with Gasteiger partial charge in [0.15, 0.2) is 5.78 Å². The number of nitrogens with one attached hydrogen (secondary N) is 1. The van der Waals surface area contributed by atoms with Crippen LogP contribution in [0.5, 0.6) is 0 Å². The third-order valence-corrected chi connectivity index (χ3v) is 6.14. The third kappa shape index (κ3) is 4.43. The first-order valence-corrected chi connectivity index (χ1v) is 10.8. The quantitative estimate of drug-likeness (QED) is 0.731. The molecule has 1 N–H and O–H groups in total. The molecule has 1 aromatic rings. The van der Waals surface area contributed by atoms with Crippen LogP contribution < -0.4 is 5.32 Å². The number of hydrogen-bond donors (Lipinski definition) is 1. The summed E-state index contributed by atoms with van der Waals surface area (Å²) in [7, 11) is 0. The molecule has 148 valence electrons. The van der Waals surface area contributed by atoms with Crippen molar-refractivity contribution in [2.24, 2.45) is 5.92 Å². The molecule has 0 radical (unpaired) electrons. The Kier molecular flexibility index (Phi) is 6.69. The lowest BCUT2D eigenvalue weighted by molar-refractivity contribution is -0.116. The Bertz CT molecular complexity index is 703. The number of fused-ring (bicyclic) bond motifs is 3. The minimum absolute atomic E-state index is 0.0620. The van der Waals surface area contributed by atoms with Crippen molar-refractivity contribution >= 4 is 17.4 Å². The van der Waals surface area contributed by atoms with Gasteiger partial charge in [-0.1, -0.05) is 26.7 Å². The summed E-state index contributed by atoms with van der Waals surface area (Å²) in [4.78, 5) is 27.8. The molecule has 1 aliphatic carbocycles. The first-order valence-electron chi connectivity index (χ1n) is 10.8. The Hall–Kier alpha value is -1.68. The number of unbranched alkanes of at least 4 members (excludes halogenated alkanes) is 2. The van der Waals surface area contributed by atoms with Crippen molar-refractivity contribution in [2.45, 2.75) is 72.1 Å². The monoisotopic (exact) mass is 370 g/mol. The zero-order valence-corrected chi connectivity index (χ0v) is 17.2. The van der Waals surface area contributed by atoms with Gasteiger partial charge in [0, 0.05) is 30.1 Å². The number of benzene rings is 1. The van der Waals surface area contributed by atoms with Crippen LogP contribution in [0.3, 0.4) is 0 Å². The molecule has 1 heterocycles. The minimum atomic E-state index is 0.0620. The average molecular weight is 371 g/mol. The van der Waals surface area contributed by atoms with E-state index >= 15 is 0 Å². The summed E-state index contributed by atoms with van der Waals surface area (Å²) in [6, 6.07) is 2.06. The fourth-order valence-corrected chi connectivity index (χ4v) is 4.54. The molecule has 0 fully saturated rings. The standard InChI is InChI=1S/C23H34N2O2/c1-4-6-12-25(13-7-5-2)15-17-8-9-18-16(3)14-20-19(22(18)23(17)27)10-11-21(26)24-20/h14,17H,4-13,15H2,1-3H3,(H,24,26). The molecule has 0 saturated carbocycles. The first-order chi connectivity index (χ1) is 13.0. The average Bonchev–Trinajstić information content (AvgIpc) is 2.65. The summed E-state index contributed by atoms with van der Waals surface area (Å²) in [6.45, 7) is 9.59. The van der Waals surface area contributed by atoms with Crippen molar-refractivity contribution in [3.05, 3.63) is 28.3 Å². The van der Waals surface area contributed by atoms with Gasteiger partial charge in [0.1, 0.15) is 0 Å². The summed E-state index contributed by atoms with van der Waals surface area (Å²) in [5, 5.41) is 2.98. The van der Waals surface area contributed by atoms with Crippen LogP contribution in [0.4, 0.5) is 5.69 Å². The summed E-state index contributed by atoms with van der Waals surface area (Å²) >= 11 is 0. The van der Waals surface area contributed by atoms with E-state index in [1.807, 2.05) is 0 Å². The van der Waals surface area contributed by atoms with Crippen molar-refractivity contribution in [3.8, 4) is 0 Å². The Balaban J connectivity index is 1.83. The lowest BCUT2D eigenvalue weighted by atomic mass is 9.76. The maximum Gasteiger partial charge on any atom is 0.224 e. The van der Waals surface area contributed by atoms with Crippen LogP contribution in [-0.4, -0.2) is 36.2 Å². The number of rotatable bonds is 8. The predicted molar refractivity (Wildman–Crippen MR) is 111 cm³/mol. The Labute approximate surface area is 163 Å². The van der Waals surface area contributed by atoms with Crippen LogP contribution in [0, 0.1) is 12.8 Å². The van der Waals surface area contributed by atoms with Gasteiger partial charge in [-0.15, -0.1) is 0 Å². The van der Waals surface area contributed by atoms with Crippen molar-refractivity contribution in [1.29, 1.82) is 0 Å². The molecule has 0 aromatic heterocycles. The highest BCUT2D eigenvalue weighted by Crippen LogP contribution is 2.37. The second-order valence-electron chi connectivity index (χ2n) is 8.23. The van der Waals surface area contributed by atoms with Crippen LogP contribution >= 0.6 is 0 Å². The van der Waals surface area contributed by atoms with Gasteiger partial charge in [0.25, 0.3) is 0 Å². The van der Waals surface area contributed by atoms with Gasteiger partial charge in [-0.2, -0.15) is 0 Å². The van der Waals surface area contributed by atoms with Crippen LogP contribution in [0.1, 0.15) is 79.4 Å². The maximum absolute atomic E-state index is 13.5. The molecule has 1 unspecified atom stereocenters. The van der Waals surface area contributed by atoms with E-state index in [2.05, 4.69) is 37.1 Å². The van der Waals surface area contributed by atoms with Gasteiger partial charge in [-0.05, 0) is 74.9 Å². The second-order valence-corrected chi connectivity index (χ2v) is 8.23. The molecule has 1 amide bonds. The molecule has 2 aliphatic rings. The van der Waals surface area contributed by atoms with Crippen LogP contribution in [0.25, 0.3) is 0 Å². The second kappa shape index (κ2) is 9.01. The predicted octanol–water partition coefficient (Wildman–Crippen LogP) is 4.53. The van der Waals surface area contributed by atoms with Crippen molar-refractivity contribution < 1.29 is 9.59 Å². The smallest absolute Gasteiger partial charge is 0.224 e.